The minimum atomic E-state index is 0.490. The van der Waals surface area contributed by atoms with Crippen molar-refractivity contribution in [2.24, 2.45) is 0 Å². The molecular formula is C19H27N5. The molecule has 0 amide bonds. The van der Waals surface area contributed by atoms with E-state index in [4.69, 9.17) is 0 Å². The Morgan fingerprint density at radius 2 is 2.00 bits per heavy atom. The molecule has 5 heteroatoms. The van der Waals surface area contributed by atoms with Gasteiger partial charge in [0.15, 0.2) is 0 Å². The molecule has 1 saturated heterocycles. The van der Waals surface area contributed by atoms with Gasteiger partial charge in [-0.25, -0.2) is 4.98 Å². The van der Waals surface area contributed by atoms with Gasteiger partial charge >= 0.3 is 0 Å². The Morgan fingerprint density at radius 1 is 1.21 bits per heavy atom. The number of aryl methyl sites for hydroxylation is 1. The van der Waals surface area contributed by atoms with Gasteiger partial charge in [-0.05, 0) is 31.4 Å². The molecule has 1 N–H and O–H groups in total. The molecule has 2 aromatic rings. The summed E-state index contributed by atoms with van der Waals surface area (Å²) in [6.45, 7) is 5.45. The van der Waals surface area contributed by atoms with E-state index in [1.165, 1.54) is 11.1 Å². The van der Waals surface area contributed by atoms with E-state index in [1.54, 1.807) is 0 Å². The number of aromatic nitrogens is 2. The third-order valence-electron chi connectivity index (χ3n) is 4.47. The van der Waals surface area contributed by atoms with E-state index in [0.29, 0.717) is 6.04 Å². The molecule has 24 heavy (non-hydrogen) atoms. The van der Waals surface area contributed by atoms with Gasteiger partial charge in [-0.2, -0.15) is 4.98 Å². The first-order chi connectivity index (χ1) is 11.6. The van der Waals surface area contributed by atoms with Gasteiger partial charge < -0.3 is 10.2 Å². The van der Waals surface area contributed by atoms with Crippen LogP contribution >= 0.6 is 0 Å². The summed E-state index contributed by atoms with van der Waals surface area (Å²) in [5.74, 6) is 1.67. The van der Waals surface area contributed by atoms with Gasteiger partial charge in [-0.3, -0.25) is 4.90 Å². The number of rotatable bonds is 5. The molecular weight excluding hydrogens is 298 g/mol. The Labute approximate surface area is 144 Å². The van der Waals surface area contributed by atoms with Gasteiger partial charge in [0.05, 0.1) is 0 Å². The molecule has 1 aromatic carbocycles. The summed E-state index contributed by atoms with van der Waals surface area (Å²) in [4.78, 5) is 13.3. The molecule has 2 heterocycles. The lowest BCUT2D eigenvalue weighted by atomic mass is 10.0. The number of anilines is 2. The lowest BCUT2D eigenvalue weighted by Gasteiger charge is -2.32. The highest BCUT2D eigenvalue weighted by Crippen LogP contribution is 2.18. The smallest absolute Gasteiger partial charge is 0.226 e. The van der Waals surface area contributed by atoms with Crippen LogP contribution in [0.2, 0.25) is 0 Å². The van der Waals surface area contributed by atoms with Crippen LogP contribution in [0.15, 0.2) is 36.5 Å². The molecule has 0 atom stereocenters. The minimum Gasteiger partial charge on any atom is -0.367 e. The van der Waals surface area contributed by atoms with E-state index in [1.807, 2.05) is 31.3 Å². The maximum absolute atomic E-state index is 4.55. The average molecular weight is 325 g/mol. The number of nitrogens with one attached hydrogen (secondary N) is 1. The second kappa shape index (κ2) is 7.62. The normalized spacial score (nSPS) is 16.1. The predicted molar refractivity (Wildman–Crippen MR) is 99.5 cm³/mol. The third-order valence-corrected chi connectivity index (χ3v) is 4.47. The van der Waals surface area contributed by atoms with Gasteiger partial charge in [-0.1, -0.05) is 29.8 Å². The molecule has 128 valence electrons. The van der Waals surface area contributed by atoms with Crippen molar-refractivity contribution in [3.8, 4) is 0 Å². The van der Waals surface area contributed by atoms with E-state index < -0.39 is 0 Å². The first kappa shape index (κ1) is 16.7. The number of hydrogen-bond donors (Lipinski definition) is 1. The lowest BCUT2D eigenvalue weighted by Crippen LogP contribution is -2.38. The third kappa shape index (κ3) is 4.45. The summed E-state index contributed by atoms with van der Waals surface area (Å²) < 4.78 is 0. The molecule has 0 saturated carbocycles. The molecule has 0 unspecified atom stereocenters. The van der Waals surface area contributed by atoms with Crippen molar-refractivity contribution < 1.29 is 0 Å². The largest absolute Gasteiger partial charge is 0.367 e. The zero-order chi connectivity index (χ0) is 16.9. The van der Waals surface area contributed by atoms with E-state index in [0.717, 1.165) is 44.2 Å². The number of hydrogen-bond acceptors (Lipinski definition) is 5. The Balaban J connectivity index is 1.51. The van der Waals surface area contributed by atoms with Gasteiger partial charge in [-0.15, -0.1) is 0 Å². The summed E-state index contributed by atoms with van der Waals surface area (Å²) in [5.41, 5.74) is 2.75. The summed E-state index contributed by atoms with van der Waals surface area (Å²) in [6.07, 6.45) is 4.11. The van der Waals surface area contributed by atoms with E-state index in [-0.39, 0.29) is 0 Å². The Morgan fingerprint density at radius 3 is 2.71 bits per heavy atom. The fraction of sp³-hybridized carbons (Fsp3) is 0.474. The van der Waals surface area contributed by atoms with Gasteiger partial charge in [0, 0.05) is 46.0 Å². The van der Waals surface area contributed by atoms with Crippen LogP contribution in [0.1, 0.15) is 24.0 Å². The summed E-state index contributed by atoms with van der Waals surface area (Å²) >= 11 is 0. The average Bonchev–Trinajstić information content (AvgIpc) is 2.57. The molecule has 3 rings (SSSR count). The highest BCUT2D eigenvalue weighted by molar-refractivity contribution is 5.41. The molecule has 1 aliphatic rings. The predicted octanol–water partition coefficient (Wildman–Crippen LogP) is 2.93. The van der Waals surface area contributed by atoms with Crippen LogP contribution < -0.4 is 10.2 Å². The van der Waals surface area contributed by atoms with Crippen LogP contribution in [-0.4, -0.2) is 48.1 Å². The van der Waals surface area contributed by atoms with E-state index in [2.05, 4.69) is 51.4 Å². The molecule has 0 radical (unpaired) electrons. The topological polar surface area (TPSA) is 44.3 Å². The zero-order valence-corrected chi connectivity index (χ0v) is 14.9. The standard InChI is InChI=1S/C19H27N5/c1-15-5-4-6-16(13-15)14-24-11-8-17(9-12-24)21-18-7-10-20-19(22-18)23(2)3/h4-7,10,13,17H,8-9,11-12,14H2,1-3H3,(H,20,21,22). The molecule has 1 fully saturated rings. The Bertz CT molecular complexity index is 662. The quantitative estimate of drug-likeness (QED) is 0.916. The van der Waals surface area contributed by atoms with E-state index >= 15 is 0 Å². The van der Waals surface area contributed by atoms with Crippen LogP contribution in [-0.2, 0) is 6.54 Å². The van der Waals surface area contributed by atoms with Crippen molar-refractivity contribution in [3.63, 3.8) is 0 Å². The Kier molecular flexibility index (Phi) is 5.30. The summed E-state index contributed by atoms with van der Waals surface area (Å²) in [5, 5.41) is 3.57. The maximum Gasteiger partial charge on any atom is 0.226 e. The highest BCUT2D eigenvalue weighted by Gasteiger charge is 2.19. The monoisotopic (exact) mass is 325 g/mol. The first-order valence-corrected chi connectivity index (χ1v) is 8.65. The van der Waals surface area contributed by atoms with Crippen molar-refractivity contribution in [2.45, 2.75) is 32.4 Å². The zero-order valence-electron chi connectivity index (χ0n) is 14.9. The number of nitrogens with zero attached hydrogens (tertiary/aromatic N) is 4. The fourth-order valence-corrected chi connectivity index (χ4v) is 3.16. The summed E-state index contributed by atoms with van der Waals surface area (Å²) in [7, 11) is 3.92. The highest BCUT2D eigenvalue weighted by atomic mass is 15.2. The molecule has 1 aliphatic heterocycles. The van der Waals surface area contributed by atoms with Crippen molar-refractivity contribution in [1.29, 1.82) is 0 Å². The van der Waals surface area contributed by atoms with Crippen molar-refractivity contribution in [3.05, 3.63) is 47.7 Å². The van der Waals surface area contributed by atoms with Crippen LogP contribution in [0.4, 0.5) is 11.8 Å². The van der Waals surface area contributed by atoms with Crippen molar-refractivity contribution in [1.82, 2.24) is 14.9 Å². The maximum atomic E-state index is 4.55. The number of piperidine rings is 1. The molecule has 1 aromatic heterocycles. The van der Waals surface area contributed by atoms with Crippen LogP contribution in [0.25, 0.3) is 0 Å². The Hall–Kier alpha value is -2.14. The lowest BCUT2D eigenvalue weighted by molar-refractivity contribution is 0.211. The van der Waals surface area contributed by atoms with E-state index in [9.17, 15) is 0 Å². The molecule has 0 spiro atoms. The SMILES string of the molecule is Cc1cccc(CN2CCC(Nc3ccnc(N(C)C)n3)CC2)c1. The molecule has 0 bridgehead atoms. The molecule has 5 nitrogen and oxygen atoms in total. The second-order valence-electron chi connectivity index (χ2n) is 6.82. The fourth-order valence-electron chi connectivity index (χ4n) is 3.16. The van der Waals surface area contributed by atoms with Crippen LogP contribution in [0.5, 0.6) is 0 Å². The van der Waals surface area contributed by atoms with Gasteiger partial charge in [0.2, 0.25) is 5.95 Å². The van der Waals surface area contributed by atoms with Gasteiger partial charge in [0.25, 0.3) is 0 Å². The van der Waals surface area contributed by atoms with Crippen LogP contribution in [0.3, 0.4) is 0 Å². The first-order valence-electron chi connectivity index (χ1n) is 8.65. The van der Waals surface area contributed by atoms with Gasteiger partial charge in [0.1, 0.15) is 5.82 Å². The summed E-state index contributed by atoms with van der Waals surface area (Å²) in [6, 6.07) is 11.3. The molecule has 0 aliphatic carbocycles. The number of likely N-dealkylation sites (tertiary alicyclic amines) is 1. The second-order valence-corrected chi connectivity index (χ2v) is 6.82. The minimum absolute atomic E-state index is 0.490. The van der Waals surface area contributed by atoms with Crippen molar-refractivity contribution >= 4 is 11.8 Å². The number of benzene rings is 1. The van der Waals surface area contributed by atoms with Crippen molar-refractivity contribution in [2.75, 3.05) is 37.4 Å². The van der Waals surface area contributed by atoms with Crippen LogP contribution in [0, 0.1) is 6.92 Å².